The zero-order valence-corrected chi connectivity index (χ0v) is 44.2. The Morgan fingerprint density at radius 1 is 1.07 bits per heavy atom. The maximum absolute atomic E-state index is 14.5. The number of nitrogens with one attached hydrogen (secondary N) is 4. The predicted molar refractivity (Wildman–Crippen MR) is 280 cm³/mol. The monoisotopic (exact) mass is 1030 g/mol. The lowest BCUT2D eigenvalue weighted by Gasteiger charge is -2.33. The average molecular weight is 1040 g/mol. The van der Waals surface area contributed by atoms with Crippen molar-refractivity contribution in [3.05, 3.63) is 94.7 Å². The lowest BCUT2D eigenvalue weighted by Crippen LogP contribution is -2.50. The van der Waals surface area contributed by atoms with Crippen LogP contribution < -0.4 is 31.7 Å². The summed E-state index contributed by atoms with van der Waals surface area (Å²) in [6.45, 7) is 13.1. The van der Waals surface area contributed by atoms with Gasteiger partial charge in [0.15, 0.2) is 17.3 Å². The number of nitriles is 1. The number of nitrogen functional groups attached to an aromatic ring is 1. The van der Waals surface area contributed by atoms with Crippen LogP contribution >= 0.6 is 0 Å². The maximum atomic E-state index is 14.5. The van der Waals surface area contributed by atoms with Gasteiger partial charge in [0.25, 0.3) is 11.8 Å². The molecule has 4 heterocycles. The molecule has 21 heteroatoms. The Morgan fingerprint density at radius 3 is 2.49 bits per heavy atom. The molecule has 1 fully saturated rings. The fourth-order valence-corrected chi connectivity index (χ4v) is 9.01. The van der Waals surface area contributed by atoms with Crippen molar-refractivity contribution in [2.75, 3.05) is 65.9 Å². The third-order valence-corrected chi connectivity index (χ3v) is 13.4. The molecule has 5 amide bonds. The first-order valence-corrected chi connectivity index (χ1v) is 25.4. The molecular formula is C54H71FN12O8. The first-order chi connectivity index (χ1) is 35.8. The van der Waals surface area contributed by atoms with Gasteiger partial charge in [0.05, 0.1) is 63.2 Å². The van der Waals surface area contributed by atoms with Crippen LogP contribution in [0, 0.1) is 28.5 Å². The van der Waals surface area contributed by atoms with Gasteiger partial charge in [0.1, 0.15) is 24.0 Å². The molecule has 75 heavy (non-hydrogen) atoms. The van der Waals surface area contributed by atoms with Crippen molar-refractivity contribution < 1.29 is 42.6 Å². The summed E-state index contributed by atoms with van der Waals surface area (Å²) in [7, 11) is 3.26. The van der Waals surface area contributed by atoms with E-state index in [1.165, 1.54) is 35.5 Å². The maximum Gasteiger partial charge on any atom is 0.262 e. The topological polar surface area (TPSA) is 261 Å². The highest BCUT2D eigenvalue weighted by molar-refractivity contribution is 6.01. The molecule has 2 aromatic heterocycles. The van der Waals surface area contributed by atoms with Crippen molar-refractivity contribution in [2.45, 2.75) is 104 Å². The molecule has 2 bridgehead atoms. The molecule has 6 atom stereocenters. The van der Waals surface area contributed by atoms with Crippen LogP contribution in [0.25, 0.3) is 11.1 Å². The molecule has 20 nitrogen and oxygen atoms in total. The third kappa shape index (κ3) is 14.8. The summed E-state index contributed by atoms with van der Waals surface area (Å²) in [4.78, 5) is 79.3. The number of hydrogen-bond acceptors (Lipinski definition) is 14. The van der Waals surface area contributed by atoms with Crippen molar-refractivity contribution in [3.8, 4) is 22.9 Å². The van der Waals surface area contributed by atoms with Crippen LogP contribution in [0.5, 0.6) is 5.75 Å². The number of fused-ring (bicyclic) bond motifs is 5. The Balaban J connectivity index is 0.981. The number of ether oxygens (including phenoxy) is 3. The summed E-state index contributed by atoms with van der Waals surface area (Å²) in [6.07, 6.45) is 3.24. The van der Waals surface area contributed by atoms with Gasteiger partial charge in [-0.3, -0.25) is 28.7 Å². The zero-order chi connectivity index (χ0) is 54.4. The number of carbonyl (C=O) groups is 5. The zero-order valence-electron chi connectivity index (χ0n) is 44.2. The SMILES string of the molecule is CC[C@@H](NC(=O)[C@@H]1C[C@H](NCCOCCOCCC(=O)NCCn2nc(C#N)c3c2CN(C)C(=O)c2ccc(F)cc2[C@@H](C)Oc2cc-3cnc2N)CN1C(=O)C(C=NC(=O)[C@H](C)NC)C(C)(C)C)c1ccccc1. The number of hydrogen-bond donors (Lipinski definition) is 5. The summed E-state index contributed by atoms with van der Waals surface area (Å²) >= 11 is 0. The van der Waals surface area contributed by atoms with Crippen LogP contribution in [0.15, 0.2) is 65.8 Å². The van der Waals surface area contributed by atoms with Gasteiger partial charge >= 0.3 is 0 Å². The standard InChI is InChI=1S/C54H71FN12O8/c1-9-42(35-13-11-10-12-14-35)63-51(70)44-27-38(31-66(44)53(72)41(54(4,5)6)30-62-50(69)33(2)58-7)59-19-22-74-24-23-73-21-17-47(68)60-18-20-67-45-32-65(8)52(71)39-16-15-37(55)26-40(39)34(3)75-46-25-36(29-61-49(46)57)48(45)43(28-56)64-67/h10-16,25-26,29-30,33-34,38,41-42,44,58-59H,9,17-24,27,31-32H2,1-8H3,(H2,57,61)(H,60,68)(H,63,70)/t33-,34+,38-,41?,42+,44-/m0/s1. The third-order valence-electron chi connectivity index (χ3n) is 13.4. The summed E-state index contributed by atoms with van der Waals surface area (Å²) < 4.78 is 33.7. The highest BCUT2D eigenvalue weighted by Crippen LogP contribution is 2.37. The molecule has 1 unspecified atom stereocenters. The summed E-state index contributed by atoms with van der Waals surface area (Å²) in [6, 6.07) is 15.6. The Morgan fingerprint density at radius 2 is 1.80 bits per heavy atom. The molecule has 4 aromatic rings. The molecular weight excluding hydrogens is 964 g/mol. The molecule has 1 saturated heterocycles. The molecule has 2 aliphatic heterocycles. The first-order valence-electron chi connectivity index (χ1n) is 25.4. The Bertz CT molecular complexity index is 2720. The van der Waals surface area contributed by atoms with Crippen LogP contribution in [0.4, 0.5) is 10.2 Å². The van der Waals surface area contributed by atoms with Gasteiger partial charge in [-0.15, -0.1) is 0 Å². The number of benzene rings is 2. The van der Waals surface area contributed by atoms with E-state index >= 15 is 0 Å². The molecule has 2 aliphatic rings. The molecule has 2 aromatic carbocycles. The fourth-order valence-electron chi connectivity index (χ4n) is 9.01. The van der Waals surface area contributed by atoms with Crippen LogP contribution in [0.2, 0.25) is 0 Å². The van der Waals surface area contributed by atoms with Crippen LogP contribution in [-0.4, -0.2) is 139 Å². The number of anilines is 1. The number of likely N-dealkylation sites (tertiary alicyclic amines) is 1. The van der Waals surface area contributed by atoms with E-state index in [2.05, 4.69) is 42.4 Å². The predicted octanol–water partition coefficient (Wildman–Crippen LogP) is 4.50. The van der Waals surface area contributed by atoms with E-state index in [1.54, 1.807) is 43.6 Å². The lowest BCUT2D eigenvalue weighted by atomic mass is 9.80. The lowest BCUT2D eigenvalue weighted by molar-refractivity contribution is -0.142. The van der Waals surface area contributed by atoms with E-state index in [0.717, 1.165) is 5.56 Å². The van der Waals surface area contributed by atoms with Crippen molar-refractivity contribution in [1.29, 1.82) is 5.26 Å². The van der Waals surface area contributed by atoms with E-state index < -0.39 is 47.2 Å². The fraction of sp³-hybridized carbons (Fsp3) is 0.500. The Hall–Kier alpha value is -7.12. The largest absolute Gasteiger partial charge is 0.482 e. The number of rotatable bonds is 21. The van der Waals surface area contributed by atoms with Gasteiger partial charge in [-0.25, -0.2) is 14.4 Å². The number of aliphatic imine (C=N–C) groups is 1. The molecule has 402 valence electrons. The number of halogens is 1. The minimum atomic E-state index is -0.776. The van der Waals surface area contributed by atoms with E-state index in [4.69, 9.17) is 19.9 Å². The summed E-state index contributed by atoms with van der Waals surface area (Å²) in [5, 5.41) is 27.1. The van der Waals surface area contributed by atoms with Gasteiger partial charge in [-0.1, -0.05) is 58.0 Å². The molecule has 0 aliphatic carbocycles. The van der Waals surface area contributed by atoms with Crippen molar-refractivity contribution in [3.63, 3.8) is 0 Å². The van der Waals surface area contributed by atoms with Crippen molar-refractivity contribution in [2.24, 2.45) is 16.3 Å². The normalized spacial score (nSPS) is 17.9. The second-order valence-electron chi connectivity index (χ2n) is 19.8. The van der Waals surface area contributed by atoms with Gasteiger partial charge in [0, 0.05) is 73.8 Å². The van der Waals surface area contributed by atoms with Gasteiger partial charge < -0.3 is 51.0 Å². The number of pyridine rings is 1. The molecule has 6 rings (SSSR count). The number of likely N-dealkylation sites (N-methyl/N-ethyl adjacent to an activating group) is 1. The highest BCUT2D eigenvalue weighted by atomic mass is 19.1. The van der Waals surface area contributed by atoms with Crippen LogP contribution in [0.3, 0.4) is 0 Å². The quantitative estimate of drug-likeness (QED) is 0.0569. The van der Waals surface area contributed by atoms with Crippen LogP contribution in [0.1, 0.15) is 106 Å². The average Bonchev–Trinajstić information content (AvgIpc) is 3.98. The van der Waals surface area contributed by atoms with Crippen molar-refractivity contribution >= 4 is 41.6 Å². The second kappa shape index (κ2) is 26.4. The summed E-state index contributed by atoms with van der Waals surface area (Å²) in [5.41, 5.74) is 8.59. The number of amides is 5. The molecule has 0 radical (unpaired) electrons. The Kier molecular flexibility index (Phi) is 20.1. The van der Waals surface area contributed by atoms with E-state index in [9.17, 15) is 33.6 Å². The number of nitrogens with two attached hydrogens (primary N) is 1. The number of aromatic nitrogens is 3. The first kappa shape index (κ1) is 57.2. The minimum absolute atomic E-state index is 0.0132. The molecule has 0 saturated carbocycles. The van der Waals surface area contributed by atoms with E-state index in [-0.39, 0.29) is 105 Å². The van der Waals surface area contributed by atoms with E-state index in [1.807, 2.05) is 58.0 Å². The number of carbonyl (C=O) groups excluding carboxylic acids is 5. The van der Waals surface area contributed by atoms with Gasteiger partial charge in [-0.2, -0.15) is 10.4 Å². The summed E-state index contributed by atoms with van der Waals surface area (Å²) in [5.74, 6) is -2.66. The smallest absolute Gasteiger partial charge is 0.262 e. The van der Waals surface area contributed by atoms with E-state index in [0.29, 0.717) is 48.4 Å². The molecule has 6 N–H and O–H groups in total. The van der Waals surface area contributed by atoms with Crippen LogP contribution in [-0.2, 0) is 41.7 Å². The number of nitrogens with zero attached hydrogens (tertiary/aromatic N) is 7. The Labute approximate surface area is 437 Å². The van der Waals surface area contributed by atoms with Gasteiger partial charge in [0.2, 0.25) is 17.7 Å². The molecule has 0 spiro atoms. The second-order valence-corrected chi connectivity index (χ2v) is 19.8. The van der Waals surface area contributed by atoms with Crippen molar-refractivity contribution in [1.82, 2.24) is 45.8 Å². The minimum Gasteiger partial charge on any atom is -0.482 e. The highest BCUT2D eigenvalue weighted by Gasteiger charge is 2.44. The van der Waals surface area contributed by atoms with Gasteiger partial charge in [-0.05, 0) is 69.0 Å².